The van der Waals surface area contributed by atoms with E-state index in [0.717, 1.165) is 74.5 Å². The average Bonchev–Trinajstić information content (AvgIpc) is 3.21. The van der Waals surface area contributed by atoms with Gasteiger partial charge in [0, 0.05) is 50.8 Å². The minimum absolute atomic E-state index is 0.0874. The minimum Gasteiger partial charge on any atom is -0.508 e. The maximum atomic E-state index is 10.1. The number of nitrogens with one attached hydrogen (secondary N) is 1. The van der Waals surface area contributed by atoms with E-state index in [1.54, 1.807) is 6.07 Å². The molecule has 0 amide bonds. The van der Waals surface area contributed by atoms with Crippen LogP contribution in [0.15, 0.2) is 36.5 Å². The van der Waals surface area contributed by atoms with Crippen molar-refractivity contribution in [1.29, 1.82) is 0 Å². The maximum Gasteiger partial charge on any atom is 0.159 e. The summed E-state index contributed by atoms with van der Waals surface area (Å²) in [5.41, 5.74) is 4.18. The topological polar surface area (TPSA) is 72.7 Å². The number of hydrogen-bond donors (Lipinski definition) is 2. The average molecular weight is 520 g/mol. The van der Waals surface area contributed by atoms with Gasteiger partial charge in [-0.2, -0.15) is 0 Å². The van der Waals surface area contributed by atoms with Gasteiger partial charge in [-0.15, -0.1) is 0 Å². The molecule has 4 heterocycles. The van der Waals surface area contributed by atoms with Crippen LogP contribution in [0.25, 0.3) is 11.2 Å². The van der Waals surface area contributed by atoms with Crippen molar-refractivity contribution in [2.24, 2.45) is 7.05 Å². The van der Waals surface area contributed by atoms with Crippen molar-refractivity contribution in [2.75, 3.05) is 45.2 Å². The molecule has 0 spiro atoms. The molecular weight excluding hydrogens is 474 g/mol. The summed E-state index contributed by atoms with van der Waals surface area (Å²) in [4.78, 5) is 17.5. The Kier molecular flexibility index (Phi) is 7.67. The Balaban J connectivity index is 1.39. The number of phenols is 1. The number of anilines is 1. The highest BCUT2D eigenvalue weighted by Gasteiger charge is 2.39. The summed E-state index contributed by atoms with van der Waals surface area (Å²) in [6.07, 6.45) is 6.20. The predicted octanol–water partition coefficient (Wildman–Crippen LogP) is 4.25. The van der Waals surface area contributed by atoms with Crippen molar-refractivity contribution in [3.63, 3.8) is 0 Å². The lowest BCUT2D eigenvalue weighted by Gasteiger charge is -2.47. The van der Waals surface area contributed by atoms with Crippen LogP contribution in [0.5, 0.6) is 5.75 Å². The molecule has 5 rings (SSSR count). The lowest BCUT2D eigenvalue weighted by molar-refractivity contribution is 0.110. The number of piperazine rings is 1. The number of rotatable bonds is 7. The standard InChI is InChI=1S/C30H45N7O/c1-7-9-27(37-19-21(2)32-22(3)20-37)29-33-26-17-24(18-31-28(26)35(29)6)36-14-12-30(13-15-36,34(4)5)23-10-8-11-25(38)16-23/h8,10-11,16-18,21-22,27,32,38H,7,9,12-15,19-20H2,1-6H3/t21-,22+,27?. The first-order valence-corrected chi connectivity index (χ1v) is 14.3. The third-order valence-electron chi connectivity index (χ3n) is 8.81. The third kappa shape index (κ3) is 5.01. The zero-order valence-electron chi connectivity index (χ0n) is 24.0. The largest absolute Gasteiger partial charge is 0.508 e. The van der Waals surface area contributed by atoms with E-state index in [1.807, 2.05) is 18.3 Å². The number of phenolic OH excluding ortho intramolecular Hbond substituents is 1. The number of pyridine rings is 1. The maximum absolute atomic E-state index is 10.1. The number of benzene rings is 1. The van der Waals surface area contributed by atoms with E-state index in [4.69, 9.17) is 9.97 Å². The molecule has 3 aromatic rings. The van der Waals surface area contributed by atoms with Gasteiger partial charge in [0.2, 0.25) is 0 Å². The predicted molar refractivity (Wildman–Crippen MR) is 155 cm³/mol. The second-order valence-corrected chi connectivity index (χ2v) is 11.8. The molecule has 1 unspecified atom stereocenters. The Hall–Kier alpha value is -2.68. The molecule has 2 aromatic heterocycles. The van der Waals surface area contributed by atoms with E-state index in [9.17, 15) is 5.11 Å². The molecular formula is C30H45N7O. The molecule has 0 radical (unpaired) electrons. The molecule has 3 atom stereocenters. The monoisotopic (exact) mass is 519 g/mol. The lowest BCUT2D eigenvalue weighted by atomic mass is 9.79. The summed E-state index contributed by atoms with van der Waals surface area (Å²) in [6, 6.07) is 11.2. The number of hydrogen-bond acceptors (Lipinski definition) is 7. The van der Waals surface area contributed by atoms with Gasteiger partial charge in [-0.05, 0) is 71.0 Å². The first kappa shape index (κ1) is 26.9. The fourth-order valence-corrected chi connectivity index (χ4v) is 6.85. The number of piperidine rings is 1. The van der Waals surface area contributed by atoms with E-state index in [-0.39, 0.29) is 5.54 Å². The molecule has 2 aliphatic rings. The van der Waals surface area contributed by atoms with Gasteiger partial charge in [-0.3, -0.25) is 9.80 Å². The first-order chi connectivity index (χ1) is 18.2. The Labute approximate surface area is 227 Å². The number of imidazole rings is 1. The van der Waals surface area contributed by atoms with E-state index >= 15 is 0 Å². The van der Waals surface area contributed by atoms with Crippen LogP contribution in [0.2, 0.25) is 0 Å². The first-order valence-electron chi connectivity index (χ1n) is 14.3. The van der Waals surface area contributed by atoms with Gasteiger partial charge in [-0.1, -0.05) is 25.5 Å². The van der Waals surface area contributed by atoms with Gasteiger partial charge in [-0.25, -0.2) is 9.97 Å². The fraction of sp³-hybridized carbons (Fsp3) is 0.600. The second kappa shape index (κ2) is 10.8. The molecule has 38 heavy (non-hydrogen) atoms. The number of aromatic nitrogens is 3. The van der Waals surface area contributed by atoms with Gasteiger partial charge >= 0.3 is 0 Å². The molecule has 206 valence electrons. The van der Waals surface area contributed by atoms with Crippen molar-refractivity contribution in [3.8, 4) is 5.75 Å². The van der Waals surface area contributed by atoms with Crippen LogP contribution in [-0.2, 0) is 12.6 Å². The second-order valence-electron chi connectivity index (χ2n) is 11.8. The zero-order valence-corrected chi connectivity index (χ0v) is 24.0. The van der Waals surface area contributed by atoms with E-state index in [1.165, 1.54) is 5.56 Å². The smallest absolute Gasteiger partial charge is 0.159 e. The Bertz CT molecular complexity index is 1240. The van der Waals surface area contributed by atoms with Crippen LogP contribution in [0, 0.1) is 0 Å². The fourth-order valence-electron chi connectivity index (χ4n) is 6.85. The summed E-state index contributed by atoms with van der Waals surface area (Å²) >= 11 is 0. The van der Waals surface area contributed by atoms with Crippen molar-refractivity contribution in [1.82, 2.24) is 29.7 Å². The lowest BCUT2D eigenvalue weighted by Crippen LogP contribution is -2.55. The van der Waals surface area contributed by atoms with E-state index in [2.05, 4.69) is 78.6 Å². The van der Waals surface area contributed by atoms with Gasteiger partial charge in [0.15, 0.2) is 5.65 Å². The normalized spacial score (nSPS) is 23.3. The molecule has 0 saturated carbocycles. The highest BCUT2D eigenvalue weighted by atomic mass is 16.3. The Morgan fingerprint density at radius 1 is 1.13 bits per heavy atom. The molecule has 1 aromatic carbocycles. The molecule has 2 saturated heterocycles. The third-order valence-corrected chi connectivity index (χ3v) is 8.81. The number of aromatic hydroxyl groups is 1. The van der Waals surface area contributed by atoms with Gasteiger partial charge in [0.25, 0.3) is 0 Å². The number of aryl methyl sites for hydroxylation is 1. The molecule has 8 nitrogen and oxygen atoms in total. The quantitative estimate of drug-likeness (QED) is 0.483. The van der Waals surface area contributed by atoms with Crippen LogP contribution in [0.4, 0.5) is 5.69 Å². The van der Waals surface area contributed by atoms with Crippen LogP contribution in [0.1, 0.15) is 63.9 Å². The molecule has 0 bridgehead atoms. The van der Waals surface area contributed by atoms with E-state index < -0.39 is 0 Å². The summed E-state index contributed by atoms with van der Waals surface area (Å²) in [5, 5.41) is 13.8. The van der Waals surface area contributed by atoms with Crippen molar-refractivity contribution < 1.29 is 5.11 Å². The van der Waals surface area contributed by atoms with Crippen molar-refractivity contribution in [3.05, 3.63) is 47.9 Å². The van der Waals surface area contributed by atoms with Crippen LogP contribution in [-0.4, -0.2) is 81.8 Å². The van der Waals surface area contributed by atoms with E-state index in [0.29, 0.717) is 23.9 Å². The summed E-state index contributed by atoms with van der Waals surface area (Å²) in [7, 11) is 6.42. The van der Waals surface area contributed by atoms with Crippen molar-refractivity contribution in [2.45, 2.75) is 70.1 Å². The highest BCUT2D eigenvalue weighted by molar-refractivity contribution is 5.76. The molecule has 8 heteroatoms. The molecule has 2 aliphatic heterocycles. The van der Waals surface area contributed by atoms with Crippen molar-refractivity contribution >= 4 is 16.9 Å². The zero-order chi connectivity index (χ0) is 27.0. The Morgan fingerprint density at radius 2 is 1.84 bits per heavy atom. The highest BCUT2D eigenvalue weighted by Crippen LogP contribution is 2.40. The van der Waals surface area contributed by atoms with Crippen LogP contribution < -0.4 is 10.2 Å². The SMILES string of the molecule is CCCC(c1nc2cc(N3CCC(c4cccc(O)c4)(N(C)C)CC3)cnc2n1C)N1C[C@@H](C)N[C@@H](C)C1. The molecule has 2 N–H and O–H groups in total. The summed E-state index contributed by atoms with van der Waals surface area (Å²) in [6.45, 7) is 10.7. The Morgan fingerprint density at radius 3 is 2.47 bits per heavy atom. The number of nitrogens with zero attached hydrogens (tertiary/aromatic N) is 6. The molecule has 2 fully saturated rings. The van der Waals surface area contributed by atoms with Gasteiger partial charge in [0.1, 0.15) is 17.1 Å². The van der Waals surface area contributed by atoms with Gasteiger partial charge in [0.05, 0.1) is 17.9 Å². The summed E-state index contributed by atoms with van der Waals surface area (Å²) < 4.78 is 2.21. The molecule has 0 aliphatic carbocycles. The minimum atomic E-state index is -0.0874. The van der Waals surface area contributed by atoms with Crippen LogP contribution in [0.3, 0.4) is 0 Å². The summed E-state index contributed by atoms with van der Waals surface area (Å²) in [5.74, 6) is 1.46. The number of fused-ring (bicyclic) bond motifs is 1. The van der Waals surface area contributed by atoms with Gasteiger partial charge < -0.3 is 19.9 Å². The van der Waals surface area contributed by atoms with Crippen LogP contribution >= 0.6 is 0 Å².